The fourth-order valence-corrected chi connectivity index (χ4v) is 3.78. The number of nitrogens with zero attached hydrogens (tertiary/aromatic N) is 1. The Kier molecular flexibility index (Phi) is 5.53. The maximum atomic E-state index is 12.1. The Bertz CT molecular complexity index is 338. The normalized spacial score (nSPS) is 28.2. The van der Waals surface area contributed by atoms with E-state index in [9.17, 15) is 4.79 Å². The van der Waals surface area contributed by atoms with E-state index in [1.54, 1.807) is 0 Å². The van der Waals surface area contributed by atoms with Crippen LogP contribution < -0.4 is 0 Å². The third kappa shape index (κ3) is 4.60. The second-order valence-electron chi connectivity index (χ2n) is 7.73. The van der Waals surface area contributed by atoms with E-state index in [2.05, 4.69) is 0 Å². The first kappa shape index (κ1) is 16.6. The Hall–Kier alpha value is -0.770. The predicted molar refractivity (Wildman–Crippen MR) is 83.1 cm³/mol. The lowest BCUT2D eigenvalue weighted by Gasteiger charge is -2.53. The van der Waals surface area contributed by atoms with Crippen LogP contribution in [-0.2, 0) is 4.74 Å². The van der Waals surface area contributed by atoms with Crippen molar-refractivity contribution in [2.45, 2.75) is 64.9 Å². The number of aliphatic hydroxyl groups is 1. The van der Waals surface area contributed by atoms with Crippen LogP contribution in [-0.4, -0.2) is 41.4 Å². The summed E-state index contributed by atoms with van der Waals surface area (Å²) in [5, 5.41) is 8.78. The van der Waals surface area contributed by atoms with Crippen molar-refractivity contribution < 1.29 is 14.6 Å². The van der Waals surface area contributed by atoms with Gasteiger partial charge in [0.25, 0.3) is 0 Å². The van der Waals surface area contributed by atoms with Crippen molar-refractivity contribution in [3.63, 3.8) is 0 Å². The number of hydrogen-bond donors (Lipinski definition) is 1. The van der Waals surface area contributed by atoms with Gasteiger partial charge in [0.05, 0.1) is 0 Å². The number of hydrogen-bond acceptors (Lipinski definition) is 3. The number of ether oxygens (including phenoxy) is 1. The number of carbonyl (C=O) groups excluding carboxylic acids is 1. The molecule has 2 atom stereocenters. The minimum atomic E-state index is -0.398. The zero-order valence-corrected chi connectivity index (χ0v) is 13.8. The molecule has 0 aromatic heterocycles. The predicted octanol–water partition coefficient (Wildman–Crippen LogP) is 3.43. The molecule has 1 aliphatic carbocycles. The SMILES string of the molecule is CC(C)(C)OC(=O)N1CC2CC(C1)C2CCCCCCO. The van der Waals surface area contributed by atoms with E-state index in [-0.39, 0.29) is 6.09 Å². The monoisotopic (exact) mass is 297 g/mol. The third-order valence-corrected chi connectivity index (χ3v) is 4.82. The number of carbonyl (C=O) groups is 1. The Balaban J connectivity index is 1.69. The molecule has 2 heterocycles. The van der Waals surface area contributed by atoms with E-state index in [1.807, 2.05) is 25.7 Å². The maximum absolute atomic E-state index is 12.1. The van der Waals surface area contributed by atoms with Crippen LogP contribution >= 0.6 is 0 Å². The van der Waals surface area contributed by atoms with Gasteiger partial charge in [0.2, 0.25) is 0 Å². The molecule has 122 valence electrons. The lowest BCUT2D eigenvalue weighted by molar-refractivity contribution is -0.0575. The molecule has 3 aliphatic rings. The van der Waals surface area contributed by atoms with E-state index < -0.39 is 5.60 Å². The van der Waals surface area contributed by atoms with Crippen LogP contribution in [0, 0.1) is 17.8 Å². The topological polar surface area (TPSA) is 49.8 Å². The number of piperidine rings is 2. The van der Waals surface area contributed by atoms with Gasteiger partial charge >= 0.3 is 6.09 Å². The fraction of sp³-hybridized carbons (Fsp3) is 0.941. The second-order valence-corrected chi connectivity index (χ2v) is 7.73. The van der Waals surface area contributed by atoms with E-state index in [0.717, 1.165) is 31.8 Å². The van der Waals surface area contributed by atoms with Crippen molar-refractivity contribution >= 4 is 6.09 Å². The zero-order valence-electron chi connectivity index (χ0n) is 13.8. The zero-order chi connectivity index (χ0) is 15.5. The van der Waals surface area contributed by atoms with Crippen LogP contribution in [0.1, 0.15) is 59.3 Å². The van der Waals surface area contributed by atoms with Crippen molar-refractivity contribution in [1.82, 2.24) is 4.90 Å². The van der Waals surface area contributed by atoms with Crippen molar-refractivity contribution in [3.05, 3.63) is 0 Å². The van der Waals surface area contributed by atoms with Gasteiger partial charge in [-0.05, 0) is 57.8 Å². The summed E-state index contributed by atoms with van der Waals surface area (Å²) in [5.41, 5.74) is -0.398. The molecule has 3 fully saturated rings. The van der Waals surface area contributed by atoms with Gasteiger partial charge in [-0.15, -0.1) is 0 Å². The average molecular weight is 297 g/mol. The molecule has 2 unspecified atom stereocenters. The summed E-state index contributed by atoms with van der Waals surface area (Å²) in [6, 6.07) is 0. The lowest BCUT2D eigenvalue weighted by atomic mass is 9.60. The summed E-state index contributed by atoms with van der Waals surface area (Å²) in [6.45, 7) is 7.85. The molecule has 21 heavy (non-hydrogen) atoms. The molecule has 0 spiro atoms. The minimum absolute atomic E-state index is 0.140. The van der Waals surface area contributed by atoms with Gasteiger partial charge in [0.15, 0.2) is 0 Å². The highest BCUT2D eigenvalue weighted by atomic mass is 16.6. The van der Waals surface area contributed by atoms with Gasteiger partial charge in [-0.1, -0.05) is 19.3 Å². The molecule has 2 bridgehead atoms. The number of amides is 1. The van der Waals surface area contributed by atoms with Crippen LogP contribution in [0.3, 0.4) is 0 Å². The summed E-state index contributed by atoms with van der Waals surface area (Å²) in [4.78, 5) is 14.0. The van der Waals surface area contributed by atoms with Crippen molar-refractivity contribution in [2.75, 3.05) is 19.7 Å². The number of aliphatic hydroxyl groups excluding tert-OH is 1. The molecular weight excluding hydrogens is 266 g/mol. The van der Waals surface area contributed by atoms with E-state index in [4.69, 9.17) is 9.84 Å². The summed E-state index contributed by atoms with van der Waals surface area (Å²) >= 11 is 0. The van der Waals surface area contributed by atoms with Gasteiger partial charge in [-0.3, -0.25) is 0 Å². The molecule has 0 radical (unpaired) electrons. The van der Waals surface area contributed by atoms with Crippen LogP contribution in [0.25, 0.3) is 0 Å². The highest BCUT2D eigenvalue weighted by Crippen LogP contribution is 2.48. The van der Waals surface area contributed by atoms with Crippen molar-refractivity contribution in [2.24, 2.45) is 17.8 Å². The van der Waals surface area contributed by atoms with Gasteiger partial charge < -0.3 is 14.7 Å². The molecule has 0 aromatic rings. The first-order chi connectivity index (χ1) is 9.90. The Morgan fingerprint density at radius 2 is 1.76 bits per heavy atom. The molecule has 1 N–H and O–H groups in total. The molecule has 0 aromatic carbocycles. The van der Waals surface area contributed by atoms with Gasteiger partial charge in [0, 0.05) is 19.7 Å². The largest absolute Gasteiger partial charge is 0.444 e. The molecular formula is C17H31NO3. The highest BCUT2D eigenvalue weighted by Gasteiger charge is 2.47. The van der Waals surface area contributed by atoms with Crippen LogP contribution in [0.4, 0.5) is 4.79 Å². The van der Waals surface area contributed by atoms with Crippen molar-refractivity contribution in [1.29, 1.82) is 0 Å². The van der Waals surface area contributed by atoms with Crippen LogP contribution in [0.2, 0.25) is 0 Å². The quantitative estimate of drug-likeness (QED) is 0.764. The first-order valence-corrected chi connectivity index (χ1v) is 8.49. The standard InChI is InChI=1S/C17H31NO3/c1-17(2,3)21-16(20)18-11-13-10-14(12-18)15(13)8-6-4-5-7-9-19/h13-15,19H,4-12H2,1-3H3. The molecule has 4 nitrogen and oxygen atoms in total. The molecule has 1 amide bonds. The number of unbranched alkanes of at least 4 members (excludes halogenated alkanes) is 3. The summed E-state index contributed by atoms with van der Waals surface area (Å²) in [6.07, 6.45) is 7.02. The molecule has 4 heteroatoms. The van der Waals surface area contributed by atoms with E-state index in [0.29, 0.717) is 18.4 Å². The van der Waals surface area contributed by atoms with Gasteiger partial charge in [-0.25, -0.2) is 4.79 Å². The molecule has 1 saturated carbocycles. The minimum Gasteiger partial charge on any atom is -0.444 e. The molecule has 2 aliphatic heterocycles. The molecule has 2 saturated heterocycles. The smallest absolute Gasteiger partial charge is 0.410 e. The van der Waals surface area contributed by atoms with E-state index in [1.165, 1.54) is 25.7 Å². The Morgan fingerprint density at radius 3 is 2.33 bits per heavy atom. The summed E-state index contributed by atoms with van der Waals surface area (Å²) < 4.78 is 5.47. The third-order valence-electron chi connectivity index (χ3n) is 4.82. The number of rotatable bonds is 6. The summed E-state index contributed by atoms with van der Waals surface area (Å²) in [5.74, 6) is 2.20. The Morgan fingerprint density at radius 1 is 1.14 bits per heavy atom. The van der Waals surface area contributed by atoms with E-state index >= 15 is 0 Å². The van der Waals surface area contributed by atoms with Gasteiger partial charge in [0.1, 0.15) is 5.60 Å². The highest BCUT2D eigenvalue weighted by molar-refractivity contribution is 5.68. The average Bonchev–Trinajstić information content (AvgIpc) is 2.40. The summed E-state index contributed by atoms with van der Waals surface area (Å²) in [7, 11) is 0. The number of fused-ring (bicyclic) bond motifs is 2. The van der Waals surface area contributed by atoms with Gasteiger partial charge in [-0.2, -0.15) is 0 Å². The molecule has 3 rings (SSSR count). The van der Waals surface area contributed by atoms with Crippen molar-refractivity contribution in [3.8, 4) is 0 Å². The fourth-order valence-electron chi connectivity index (χ4n) is 3.78. The Labute approximate surface area is 128 Å². The maximum Gasteiger partial charge on any atom is 0.410 e. The second kappa shape index (κ2) is 6.99. The first-order valence-electron chi connectivity index (χ1n) is 8.49. The van der Waals surface area contributed by atoms with Crippen LogP contribution in [0.15, 0.2) is 0 Å². The van der Waals surface area contributed by atoms with Crippen LogP contribution in [0.5, 0.6) is 0 Å². The lowest BCUT2D eigenvalue weighted by Crippen LogP contribution is -2.57.